The zero-order chi connectivity index (χ0) is 22.1. The number of aryl methyl sites for hydroxylation is 1. The van der Waals surface area contributed by atoms with Gasteiger partial charge in [0.25, 0.3) is 0 Å². The molecule has 1 unspecified atom stereocenters. The van der Waals surface area contributed by atoms with Crippen LogP contribution in [0.2, 0.25) is 0 Å². The molecule has 0 radical (unpaired) electrons. The Bertz CT molecular complexity index is 1130. The van der Waals surface area contributed by atoms with E-state index in [-0.39, 0.29) is 23.8 Å². The van der Waals surface area contributed by atoms with Crippen molar-refractivity contribution in [1.82, 2.24) is 14.3 Å². The molecule has 2 amide bonds. The number of aromatic nitrogens is 2. The summed E-state index contributed by atoms with van der Waals surface area (Å²) < 4.78 is 2.03. The summed E-state index contributed by atoms with van der Waals surface area (Å²) in [6.45, 7) is 2.75. The van der Waals surface area contributed by atoms with Crippen molar-refractivity contribution in [3.63, 3.8) is 0 Å². The Kier molecular flexibility index (Phi) is 5.68. The van der Waals surface area contributed by atoms with Crippen LogP contribution in [0.3, 0.4) is 0 Å². The van der Waals surface area contributed by atoms with Gasteiger partial charge in [-0.15, -0.1) is 0 Å². The molecular weight excluding hydrogens is 400 g/mol. The first-order chi connectivity index (χ1) is 15.6. The Balaban J connectivity index is 1.27. The van der Waals surface area contributed by atoms with Gasteiger partial charge in [-0.1, -0.05) is 37.5 Å². The van der Waals surface area contributed by atoms with Gasteiger partial charge in [0, 0.05) is 36.1 Å². The summed E-state index contributed by atoms with van der Waals surface area (Å²) >= 11 is 0. The molecular formula is C26H30N4O2. The number of pyridine rings is 1. The number of nitrogens with one attached hydrogen (secondary N) is 1. The third-order valence-electron chi connectivity index (χ3n) is 6.92. The highest BCUT2D eigenvalue weighted by molar-refractivity contribution is 5.98. The number of likely N-dealkylation sites (tertiary alicyclic amines) is 1. The van der Waals surface area contributed by atoms with Gasteiger partial charge in [0.1, 0.15) is 11.7 Å². The number of carbonyl (C=O) groups is 2. The first kappa shape index (κ1) is 20.7. The molecule has 2 aromatic heterocycles. The second-order valence-electron chi connectivity index (χ2n) is 9.14. The smallest absolute Gasteiger partial charge is 0.247 e. The molecule has 2 aliphatic rings. The van der Waals surface area contributed by atoms with Crippen molar-refractivity contribution in [3.8, 4) is 11.3 Å². The van der Waals surface area contributed by atoms with Crippen molar-refractivity contribution in [2.24, 2.45) is 5.92 Å². The Labute approximate surface area is 188 Å². The number of carbonyl (C=O) groups excluding carboxylic acids is 2. The van der Waals surface area contributed by atoms with Crippen LogP contribution in [0.1, 0.15) is 50.5 Å². The van der Waals surface area contributed by atoms with Crippen LogP contribution >= 0.6 is 0 Å². The molecule has 32 heavy (non-hydrogen) atoms. The van der Waals surface area contributed by atoms with E-state index in [0.29, 0.717) is 6.54 Å². The minimum Gasteiger partial charge on any atom is -0.330 e. The predicted octanol–water partition coefficient (Wildman–Crippen LogP) is 4.82. The highest BCUT2D eigenvalue weighted by Crippen LogP contribution is 2.29. The molecule has 1 aliphatic heterocycles. The molecule has 0 bridgehead atoms. The Hall–Kier alpha value is -3.15. The fourth-order valence-electron chi connectivity index (χ4n) is 5.13. The molecule has 0 spiro atoms. The van der Waals surface area contributed by atoms with Crippen LogP contribution in [0, 0.1) is 12.8 Å². The normalized spacial score (nSPS) is 19.4. The van der Waals surface area contributed by atoms with E-state index >= 15 is 0 Å². The summed E-state index contributed by atoms with van der Waals surface area (Å²) in [7, 11) is 0. The summed E-state index contributed by atoms with van der Waals surface area (Å²) in [6, 6.07) is 11.5. The summed E-state index contributed by atoms with van der Waals surface area (Å²) in [4.78, 5) is 32.6. The Morgan fingerprint density at radius 1 is 1.00 bits per heavy atom. The second-order valence-corrected chi connectivity index (χ2v) is 9.14. The van der Waals surface area contributed by atoms with Crippen LogP contribution in [-0.2, 0) is 9.59 Å². The quantitative estimate of drug-likeness (QED) is 0.645. The van der Waals surface area contributed by atoms with Crippen LogP contribution in [0.4, 0.5) is 5.69 Å². The minimum atomic E-state index is -0.356. The van der Waals surface area contributed by atoms with Gasteiger partial charge >= 0.3 is 0 Å². The van der Waals surface area contributed by atoms with Crippen LogP contribution in [0.25, 0.3) is 16.9 Å². The SMILES string of the molecule is Cc1cccn2cc(-c3ccc(NC(=O)C4CCCN4C(=O)C4CCCCC4)cc3)nc12. The third-order valence-corrected chi connectivity index (χ3v) is 6.92. The lowest BCUT2D eigenvalue weighted by atomic mass is 9.88. The van der Waals surface area contributed by atoms with E-state index in [9.17, 15) is 9.59 Å². The predicted molar refractivity (Wildman–Crippen MR) is 125 cm³/mol. The van der Waals surface area contributed by atoms with Gasteiger partial charge in [-0.2, -0.15) is 0 Å². The number of amides is 2. The first-order valence-corrected chi connectivity index (χ1v) is 11.8. The molecule has 6 nitrogen and oxygen atoms in total. The van der Waals surface area contributed by atoms with Gasteiger partial charge < -0.3 is 14.6 Å². The lowest BCUT2D eigenvalue weighted by molar-refractivity contribution is -0.141. The minimum absolute atomic E-state index is 0.0808. The molecule has 1 aliphatic carbocycles. The van der Waals surface area contributed by atoms with Crippen LogP contribution < -0.4 is 5.32 Å². The van der Waals surface area contributed by atoms with E-state index in [1.807, 2.05) is 52.0 Å². The number of hydrogen-bond donors (Lipinski definition) is 1. The maximum absolute atomic E-state index is 13.0. The van der Waals surface area contributed by atoms with E-state index in [4.69, 9.17) is 4.98 Å². The number of hydrogen-bond acceptors (Lipinski definition) is 3. The van der Waals surface area contributed by atoms with Crippen molar-refractivity contribution in [1.29, 1.82) is 0 Å². The maximum atomic E-state index is 13.0. The standard InChI is InChI=1S/C26H30N4O2/c1-18-7-5-15-29-17-22(28-24(18)29)19-11-13-21(14-12-19)27-25(31)23-10-6-16-30(23)26(32)20-8-3-2-4-9-20/h5,7,11-15,17,20,23H,2-4,6,8-10,16H2,1H3,(H,27,31). The van der Waals surface area contributed by atoms with Gasteiger partial charge in [-0.25, -0.2) is 4.98 Å². The molecule has 5 rings (SSSR count). The molecule has 3 heterocycles. The van der Waals surface area contributed by atoms with Crippen molar-refractivity contribution in [3.05, 3.63) is 54.4 Å². The molecule has 1 saturated carbocycles. The molecule has 1 aromatic carbocycles. The van der Waals surface area contributed by atoms with Gasteiger partial charge in [0.15, 0.2) is 0 Å². The molecule has 2 fully saturated rings. The largest absolute Gasteiger partial charge is 0.330 e. The third kappa shape index (κ3) is 4.01. The van der Waals surface area contributed by atoms with Crippen LogP contribution in [0.15, 0.2) is 48.8 Å². The first-order valence-electron chi connectivity index (χ1n) is 11.8. The van der Waals surface area contributed by atoms with Gasteiger partial charge in [0.2, 0.25) is 11.8 Å². The average Bonchev–Trinajstić information content (AvgIpc) is 3.48. The Morgan fingerprint density at radius 2 is 1.78 bits per heavy atom. The highest BCUT2D eigenvalue weighted by atomic mass is 16.2. The van der Waals surface area contributed by atoms with Crippen molar-refractivity contribution in [2.75, 3.05) is 11.9 Å². The molecule has 3 aromatic rings. The highest BCUT2D eigenvalue weighted by Gasteiger charge is 2.37. The van der Waals surface area contributed by atoms with E-state index in [1.165, 1.54) is 6.42 Å². The lowest BCUT2D eigenvalue weighted by Crippen LogP contribution is -2.46. The average molecular weight is 431 g/mol. The topological polar surface area (TPSA) is 66.7 Å². The van der Waals surface area contributed by atoms with E-state index in [1.54, 1.807) is 0 Å². The maximum Gasteiger partial charge on any atom is 0.247 e. The zero-order valence-electron chi connectivity index (χ0n) is 18.6. The summed E-state index contributed by atoms with van der Waals surface area (Å²) in [5.41, 5.74) is 4.73. The van der Waals surface area contributed by atoms with E-state index in [2.05, 4.69) is 18.3 Å². The summed E-state index contributed by atoms with van der Waals surface area (Å²) in [6.07, 6.45) is 11.0. The second kappa shape index (κ2) is 8.77. The van der Waals surface area contributed by atoms with Gasteiger partial charge in [-0.3, -0.25) is 9.59 Å². The molecule has 166 valence electrons. The summed E-state index contributed by atoms with van der Waals surface area (Å²) in [5.74, 6) is 0.202. The van der Waals surface area contributed by atoms with Crippen molar-refractivity contribution >= 4 is 23.1 Å². The fraction of sp³-hybridized carbons (Fsp3) is 0.423. The number of imidazole rings is 1. The van der Waals surface area contributed by atoms with E-state index in [0.717, 1.165) is 66.7 Å². The summed E-state index contributed by atoms with van der Waals surface area (Å²) in [5, 5.41) is 3.03. The number of anilines is 1. The molecule has 1 saturated heterocycles. The molecule has 1 N–H and O–H groups in total. The number of rotatable bonds is 4. The van der Waals surface area contributed by atoms with Gasteiger partial charge in [0.05, 0.1) is 5.69 Å². The zero-order valence-corrected chi connectivity index (χ0v) is 18.6. The van der Waals surface area contributed by atoms with Crippen LogP contribution in [0.5, 0.6) is 0 Å². The lowest BCUT2D eigenvalue weighted by Gasteiger charge is -2.30. The van der Waals surface area contributed by atoms with Crippen molar-refractivity contribution < 1.29 is 9.59 Å². The molecule has 6 heteroatoms. The monoisotopic (exact) mass is 430 g/mol. The number of benzene rings is 1. The number of fused-ring (bicyclic) bond motifs is 1. The van der Waals surface area contributed by atoms with E-state index < -0.39 is 0 Å². The number of nitrogens with zero attached hydrogens (tertiary/aromatic N) is 3. The Morgan fingerprint density at radius 3 is 2.53 bits per heavy atom. The van der Waals surface area contributed by atoms with Gasteiger partial charge in [-0.05, 0) is 56.4 Å². The molecule has 1 atom stereocenters. The fourth-order valence-corrected chi connectivity index (χ4v) is 5.13. The van der Waals surface area contributed by atoms with Crippen molar-refractivity contribution in [2.45, 2.75) is 57.9 Å². The van der Waals surface area contributed by atoms with Crippen LogP contribution in [-0.4, -0.2) is 38.7 Å².